The molecule has 236 valence electrons. The number of piperazine rings is 1. The Morgan fingerprint density at radius 1 is 1.11 bits per heavy atom. The summed E-state index contributed by atoms with van der Waals surface area (Å²) in [4.78, 5) is 30.1. The van der Waals surface area contributed by atoms with Crippen LogP contribution in [-0.4, -0.2) is 89.4 Å². The van der Waals surface area contributed by atoms with Gasteiger partial charge >= 0.3 is 12.1 Å². The average Bonchev–Trinajstić information content (AvgIpc) is 3.62. The van der Waals surface area contributed by atoms with Crippen molar-refractivity contribution in [3.63, 3.8) is 0 Å². The summed E-state index contributed by atoms with van der Waals surface area (Å²) < 4.78 is 21.1. The fraction of sp³-hybridized carbons (Fsp3) is 0.529. The molecular weight excluding hydrogens is 573 g/mol. The van der Waals surface area contributed by atoms with Gasteiger partial charge in [-0.1, -0.05) is 18.2 Å². The third-order valence-corrected chi connectivity index (χ3v) is 10.2. The van der Waals surface area contributed by atoms with Gasteiger partial charge in [-0.2, -0.15) is 15.2 Å². The third-order valence-electron chi connectivity index (χ3n) is 10.2. The van der Waals surface area contributed by atoms with E-state index in [9.17, 15) is 19.6 Å². The number of benzene rings is 2. The quantitative estimate of drug-likeness (QED) is 0.376. The normalized spacial score (nSPS) is 21.1. The van der Waals surface area contributed by atoms with E-state index >= 15 is 0 Å². The summed E-state index contributed by atoms with van der Waals surface area (Å²) >= 11 is 0. The van der Waals surface area contributed by atoms with Crippen molar-refractivity contribution in [2.24, 2.45) is 5.41 Å². The van der Waals surface area contributed by atoms with Crippen LogP contribution < -0.4 is 14.5 Å². The van der Waals surface area contributed by atoms with Crippen molar-refractivity contribution < 1.29 is 19.0 Å². The maximum Gasteiger partial charge on any atom is 0.407 e. The van der Waals surface area contributed by atoms with E-state index in [0.29, 0.717) is 57.3 Å². The predicted molar refractivity (Wildman–Crippen MR) is 169 cm³/mol. The number of anilines is 2. The lowest BCUT2D eigenvalue weighted by atomic mass is 9.99. The van der Waals surface area contributed by atoms with Crippen LogP contribution in [0.4, 0.5) is 20.7 Å². The number of carboxylic acid groups (broad SMARTS) is 1. The van der Waals surface area contributed by atoms with Crippen molar-refractivity contribution in [3.05, 3.63) is 53.0 Å². The van der Waals surface area contributed by atoms with Gasteiger partial charge in [0, 0.05) is 54.8 Å². The van der Waals surface area contributed by atoms with Crippen LogP contribution in [0.15, 0.2) is 30.3 Å². The number of rotatable bonds is 8. The predicted octanol–water partition coefficient (Wildman–Crippen LogP) is 4.98. The first-order valence-electron chi connectivity index (χ1n) is 16.1. The van der Waals surface area contributed by atoms with Crippen LogP contribution in [-0.2, 0) is 13.0 Å². The van der Waals surface area contributed by atoms with Gasteiger partial charge in [0.1, 0.15) is 11.6 Å². The third kappa shape index (κ3) is 5.84. The molecule has 0 bridgehead atoms. The summed E-state index contributed by atoms with van der Waals surface area (Å²) in [5.74, 6) is 0.551. The summed E-state index contributed by atoms with van der Waals surface area (Å²) in [5, 5.41) is 21.1. The van der Waals surface area contributed by atoms with E-state index in [0.717, 1.165) is 66.0 Å². The van der Waals surface area contributed by atoms with Crippen molar-refractivity contribution in [2.75, 3.05) is 62.2 Å². The van der Waals surface area contributed by atoms with E-state index in [4.69, 9.17) is 14.7 Å². The number of fused-ring (bicyclic) bond motifs is 2. The Labute approximate surface area is 263 Å². The molecule has 11 heteroatoms. The molecular formula is C34H40FN7O3. The lowest BCUT2D eigenvalue weighted by molar-refractivity contribution is 0.119. The molecule has 4 heterocycles. The molecule has 4 aliphatic rings. The van der Waals surface area contributed by atoms with E-state index in [1.807, 2.05) is 31.2 Å². The molecule has 1 aromatic heterocycles. The molecule has 3 aliphatic heterocycles. The highest BCUT2D eigenvalue weighted by Gasteiger charge is 2.45. The van der Waals surface area contributed by atoms with Crippen molar-refractivity contribution >= 4 is 28.4 Å². The van der Waals surface area contributed by atoms with Gasteiger partial charge in [0.2, 0.25) is 0 Å². The number of amides is 1. The second-order valence-electron chi connectivity index (χ2n) is 13.2. The lowest BCUT2D eigenvalue weighted by Crippen LogP contribution is -2.55. The number of aryl methyl sites for hydroxylation is 1. The SMILES string of the molecule is Cc1c(F)ccc2cccc(N3CCc4c(nc(OCC5(CN6CCCC6)CC5)nc4N4CCN(C(=O)O)C(CC#N)C4)C3)c12. The van der Waals surface area contributed by atoms with Gasteiger partial charge in [0.05, 0.1) is 37.4 Å². The topological polar surface area (TPSA) is 109 Å². The first kappa shape index (κ1) is 29.5. The Kier molecular flexibility index (Phi) is 7.86. The van der Waals surface area contributed by atoms with E-state index in [1.54, 1.807) is 0 Å². The first-order valence-corrected chi connectivity index (χ1v) is 16.1. The second-order valence-corrected chi connectivity index (χ2v) is 13.2. The van der Waals surface area contributed by atoms with Gasteiger partial charge in [-0.25, -0.2) is 9.18 Å². The second kappa shape index (κ2) is 12.0. The van der Waals surface area contributed by atoms with Crippen LogP contribution in [0.3, 0.4) is 0 Å². The summed E-state index contributed by atoms with van der Waals surface area (Å²) in [5.41, 5.74) is 3.65. The maximum atomic E-state index is 14.7. The van der Waals surface area contributed by atoms with Gasteiger partial charge in [0.15, 0.2) is 0 Å². The molecule has 45 heavy (non-hydrogen) atoms. The Morgan fingerprint density at radius 3 is 2.69 bits per heavy atom. The van der Waals surface area contributed by atoms with Crippen LogP contribution in [0.25, 0.3) is 10.8 Å². The van der Waals surface area contributed by atoms with Crippen LogP contribution in [0, 0.1) is 29.5 Å². The Bertz CT molecular complexity index is 1650. The molecule has 1 amide bonds. The number of nitriles is 1. The highest BCUT2D eigenvalue weighted by atomic mass is 19.1. The minimum Gasteiger partial charge on any atom is -0.465 e. The number of nitrogens with zero attached hydrogens (tertiary/aromatic N) is 7. The van der Waals surface area contributed by atoms with Crippen LogP contribution in [0.5, 0.6) is 6.01 Å². The largest absolute Gasteiger partial charge is 0.465 e. The van der Waals surface area contributed by atoms with E-state index in [2.05, 4.69) is 20.8 Å². The van der Waals surface area contributed by atoms with Gasteiger partial charge in [-0.15, -0.1) is 0 Å². The van der Waals surface area contributed by atoms with Gasteiger partial charge in [0.25, 0.3) is 0 Å². The highest BCUT2D eigenvalue weighted by Crippen LogP contribution is 2.47. The Balaban J connectivity index is 1.21. The monoisotopic (exact) mass is 613 g/mol. The summed E-state index contributed by atoms with van der Waals surface area (Å²) in [6.45, 7) is 8.12. The molecule has 2 saturated heterocycles. The number of hydrogen-bond donors (Lipinski definition) is 1. The lowest BCUT2D eigenvalue weighted by Gasteiger charge is -2.41. The van der Waals surface area contributed by atoms with Gasteiger partial charge in [-0.3, -0.25) is 0 Å². The first-order chi connectivity index (χ1) is 21.8. The summed E-state index contributed by atoms with van der Waals surface area (Å²) in [6, 6.07) is 11.5. The number of hydrogen-bond acceptors (Lipinski definition) is 8. The Hall–Kier alpha value is -4.17. The van der Waals surface area contributed by atoms with Crippen molar-refractivity contribution in [1.82, 2.24) is 19.8 Å². The molecule has 1 unspecified atom stereocenters. The molecule has 3 aromatic rings. The molecule has 1 atom stereocenters. The zero-order valence-electron chi connectivity index (χ0n) is 25.8. The number of halogens is 1. The van der Waals surface area contributed by atoms with E-state index < -0.39 is 12.1 Å². The van der Waals surface area contributed by atoms with E-state index in [-0.39, 0.29) is 17.7 Å². The summed E-state index contributed by atoms with van der Waals surface area (Å²) in [6.07, 6.45) is 4.58. The standard InChI is InChI=1S/C34H40FN7O3/c1-23-27(35)8-7-24-5-4-6-29(30(23)24)40-16-10-26-28(20-40)37-32(45-22-34(11-12-34)21-39-14-2-3-15-39)38-31(26)41-17-18-42(33(43)44)25(19-41)9-13-36/h4-8,25H,2-3,9-12,14-22H2,1H3,(H,43,44). The average molecular weight is 614 g/mol. The maximum absolute atomic E-state index is 14.7. The Morgan fingerprint density at radius 2 is 1.93 bits per heavy atom. The van der Waals surface area contributed by atoms with Crippen LogP contribution >= 0.6 is 0 Å². The number of likely N-dealkylation sites (tertiary alicyclic amines) is 1. The minimum atomic E-state index is -1.01. The molecule has 2 aromatic carbocycles. The highest BCUT2D eigenvalue weighted by molar-refractivity contribution is 5.97. The molecule has 7 rings (SSSR count). The molecule has 0 radical (unpaired) electrons. The zero-order chi connectivity index (χ0) is 31.1. The molecule has 0 spiro atoms. The fourth-order valence-electron chi connectivity index (χ4n) is 7.43. The smallest absolute Gasteiger partial charge is 0.407 e. The van der Waals surface area contributed by atoms with Gasteiger partial charge in [-0.05, 0) is 75.2 Å². The number of ether oxygens (including phenoxy) is 1. The van der Waals surface area contributed by atoms with Crippen molar-refractivity contribution in [2.45, 2.75) is 58.0 Å². The van der Waals surface area contributed by atoms with Gasteiger partial charge < -0.3 is 29.4 Å². The minimum absolute atomic E-state index is 0.114. The number of carbonyl (C=O) groups is 1. The molecule has 1 saturated carbocycles. The molecule has 1 aliphatic carbocycles. The molecule has 1 N–H and O–H groups in total. The molecule has 3 fully saturated rings. The van der Waals surface area contributed by atoms with Crippen molar-refractivity contribution in [1.29, 1.82) is 5.26 Å². The summed E-state index contributed by atoms with van der Waals surface area (Å²) in [7, 11) is 0. The van der Waals surface area contributed by atoms with Crippen molar-refractivity contribution in [3.8, 4) is 12.1 Å². The number of aromatic nitrogens is 2. The fourth-order valence-corrected chi connectivity index (χ4v) is 7.43. The van der Waals surface area contributed by atoms with Crippen LogP contribution in [0.2, 0.25) is 0 Å². The van der Waals surface area contributed by atoms with E-state index in [1.165, 1.54) is 23.8 Å². The zero-order valence-corrected chi connectivity index (χ0v) is 25.8. The molecule has 10 nitrogen and oxygen atoms in total. The van der Waals surface area contributed by atoms with Crippen LogP contribution in [0.1, 0.15) is 48.9 Å².